The van der Waals surface area contributed by atoms with Gasteiger partial charge in [-0.3, -0.25) is 4.99 Å². The third-order valence-electron chi connectivity index (χ3n) is 3.26. The molecular weight excluding hydrogens is 241 g/mol. The van der Waals surface area contributed by atoms with Gasteiger partial charge in [-0.05, 0) is 6.92 Å². The fraction of sp³-hybridized carbons (Fsp3) is 0.133. The van der Waals surface area contributed by atoms with Crippen LogP contribution >= 0.6 is 7.14 Å². The minimum atomic E-state index is -2.64. The Kier molecular flexibility index (Phi) is 2.68. The molecule has 0 bridgehead atoms. The number of benzene rings is 2. The zero-order valence-electron chi connectivity index (χ0n) is 10.2. The molecule has 0 spiro atoms. The van der Waals surface area contributed by atoms with Gasteiger partial charge in [-0.1, -0.05) is 60.7 Å². The van der Waals surface area contributed by atoms with Crippen molar-refractivity contribution in [2.45, 2.75) is 12.7 Å². The van der Waals surface area contributed by atoms with Crippen LogP contribution in [0.15, 0.2) is 65.7 Å². The van der Waals surface area contributed by atoms with Crippen LogP contribution in [0.1, 0.15) is 6.92 Å². The zero-order valence-corrected chi connectivity index (χ0v) is 11.0. The van der Waals surface area contributed by atoms with Gasteiger partial charge in [-0.25, -0.2) is 0 Å². The topological polar surface area (TPSA) is 29.4 Å². The lowest BCUT2D eigenvalue weighted by atomic mass is 10.4. The van der Waals surface area contributed by atoms with Crippen molar-refractivity contribution in [3.05, 3.63) is 60.7 Å². The molecule has 0 N–H and O–H groups in total. The van der Waals surface area contributed by atoms with Crippen molar-refractivity contribution in [1.29, 1.82) is 0 Å². The van der Waals surface area contributed by atoms with E-state index < -0.39 is 7.14 Å². The van der Waals surface area contributed by atoms with Crippen LogP contribution in [0.25, 0.3) is 0 Å². The molecule has 2 aromatic rings. The number of rotatable bonds is 3. The molecule has 2 aromatic carbocycles. The van der Waals surface area contributed by atoms with Gasteiger partial charge in [0.2, 0.25) is 0 Å². The summed E-state index contributed by atoms with van der Waals surface area (Å²) in [7, 11) is -2.64. The Morgan fingerprint density at radius 2 is 1.28 bits per heavy atom. The lowest BCUT2D eigenvalue weighted by Gasteiger charge is -2.18. The van der Waals surface area contributed by atoms with Gasteiger partial charge in [0.25, 0.3) is 0 Å². The first-order valence-electron chi connectivity index (χ1n) is 5.98. The van der Waals surface area contributed by atoms with E-state index in [-0.39, 0.29) is 5.78 Å². The Hall–Kier alpha value is -1.66. The molecule has 3 heteroatoms. The van der Waals surface area contributed by atoms with Crippen LogP contribution < -0.4 is 10.6 Å². The maximum atomic E-state index is 13.5. The maximum absolute atomic E-state index is 13.5. The van der Waals surface area contributed by atoms with E-state index >= 15 is 0 Å². The second-order valence-electron chi connectivity index (χ2n) is 4.47. The van der Waals surface area contributed by atoms with Gasteiger partial charge in [0.1, 0.15) is 5.78 Å². The summed E-state index contributed by atoms with van der Waals surface area (Å²) in [4.78, 5) is 4.33. The minimum Gasteiger partial charge on any atom is -0.311 e. The second kappa shape index (κ2) is 4.22. The van der Waals surface area contributed by atoms with Crippen LogP contribution in [0.5, 0.6) is 0 Å². The lowest BCUT2D eigenvalue weighted by Crippen LogP contribution is -2.21. The smallest absolute Gasteiger partial charge is 0.172 e. The van der Waals surface area contributed by atoms with Gasteiger partial charge in [0.15, 0.2) is 7.14 Å². The first-order chi connectivity index (χ1) is 8.73. The van der Waals surface area contributed by atoms with E-state index in [4.69, 9.17) is 0 Å². The highest BCUT2D eigenvalue weighted by atomic mass is 31.2. The Bertz CT molecular complexity index is 591. The Labute approximate surface area is 107 Å². The number of hydrogen-bond acceptors (Lipinski definition) is 2. The molecule has 0 unspecified atom stereocenters. The summed E-state index contributed by atoms with van der Waals surface area (Å²) in [6.45, 7) is 1.95. The first kappa shape index (κ1) is 11.4. The summed E-state index contributed by atoms with van der Waals surface area (Å²) in [5, 5.41) is 1.78. The minimum absolute atomic E-state index is 0.123. The number of aliphatic imine (C=N–C) groups is 1. The van der Waals surface area contributed by atoms with Gasteiger partial charge in [-0.15, -0.1) is 0 Å². The average Bonchev–Trinajstić information content (AvgIpc) is 3.17. The third-order valence-corrected chi connectivity index (χ3v) is 6.56. The standard InChI is InChI=1S/C15H14NOP/c1-12-15(16-12)18(17,13-8-4-2-5-9-13)14-10-6-3-7-11-14/h2-11,15H,1H3/t15-/m1/s1. The normalized spacial score (nSPS) is 18.3. The molecule has 1 heterocycles. The van der Waals surface area contributed by atoms with E-state index in [0.717, 1.165) is 16.3 Å². The van der Waals surface area contributed by atoms with Gasteiger partial charge in [0, 0.05) is 16.3 Å². The summed E-state index contributed by atoms with van der Waals surface area (Å²) in [6.07, 6.45) is 0. The quantitative estimate of drug-likeness (QED) is 0.775. The molecule has 2 nitrogen and oxygen atoms in total. The van der Waals surface area contributed by atoms with Gasteiger partial charge >= 0.3 is 0 Å². The molecule has 0 saturated heterocycles. The van der Waals surface area contributed by atoms with E-state index in [2.05, 4.69) is 4.99 Å². The highest BCUT2D eigenvalue weighted by Gasteiger charge is 2.44. The van der Waals surface area contributed by atoms with E-state index in [0.29, 0.717) is 0 Å². The average molecular weight is 255 g/mol. The van der Waals surface area contributed by atoms with E-state index in [1.807, 2.05) is 67.6 Å². The molecule has 3 rings (SSSR count). The predicted molar refractivity (Wildman–Crippen MR) is 76.7 cm³/mol. The molecule has 0 aromatic heterocycles. The van der Waals surface area contributed by atoms with E-state index in [1.54, 1.807) is 0 Å². The van der Waals surface area contributed by atoms with Crippen molar-refractivity contribution in [3.63, 3.8) is 0 Å². The van der Waals surface area contributed by atoms with Gasteiger partial charge in [0.05, 0.1) is 0 Å². The summed E-state index contributed by atoms with van der Waals surface area (Å²) < 4.78 is 13.5. The molecule has 0 aliphatic carbocycles. The molecule has 0 radical (unpaired) electrons. The van der Waals surface area contributed by atoms with Crippen LogP contribution in [-0.4, -0.2) is 11.5 Å². The van der Waals surface area contributed by atoms with Crippen molar-refractivity contribution >= 4 is 23.5 Å². The second-order valence-corrected chi connectivity index (χ2v) is 7.31. The van der Waals surface area contributed by atoms with Crippen LogP contribution in [-0.2, 0) is 4.57 Å². The maximum Gasteiger partial charge on any atom is 0.172 e. The first-order valence-corrected chi connectivity index (χ1v) is 7.76. The molecule has 0 amide bonds. The van der Waals surface area contributed by atoms with Gasteiger partial charge in [-0.2, -0.15) is 0 Å². The summed E-state index contributed by atoms with van der Waals surface area (Å²) in [5.41, 5.74) is 0.992. The lowest BCUT2D eigenvalue weighted by molar-refractivity contribution is 0.586. The zero-order chi connectivity index (χ0) is 12.6. The molecule has 1 atom stereocenters. The third kappa shape index (κ3) is 1.74. The van der Waals surface area contributed by atoms with Crippen molar-refractivity contribution in [3.8, 4) is 0 Å². The summed E-state index contributed by atoms with van der Waals surface area (Å²) in [6, 6.07) is 19.4. The monoisotopic (exact) mass is 255 g/mol. The Balaban J connectivity index is 2.14. The van der Waals surface area contributed by atoms with Gasteiger partial charge < -0.3 is 4.57 Å². The van der Waals surface area contributed by atoms with Crippen molar-refractivity contribution in [1.82, 2.24) is 0 Å². The SMILES string of the molecule is CC1=N[C@@H]1P(=O)(c1ccccc1)c1ccccc1. The molecule has 0 fully saturated rings. The number of nitrogens with zero attached hydrogens (tertiary/aromatic N) is 1. The van der Waals surface area contributed by atoms with Crippen LogP contribution in [0.4, 0.5) is 0 Å². The van der Waals surface area contributed by atoms with Crippen LogP contribution in [0.3, 0.4) is 0 Å². The summed E-state index contributed by atoms with van der Waals surface area (Å²) >= 11 is 0. The molecule has 90 valence electrons. The molecule has 1 aliphatic rings. The Morgan fingerprint density at radius 3 is 1.61 bits per heavy atom. The van der Waals surface area contributed by atoms with E-state index in [9.17, 15) is 4.57 Å². The molecule has 18 heavy (non-hydrogen) atoms. The number of hydrogen-bond donors (Lipinski definition) is 0. The Morgan fingerprint density at radius 1 is 0.889 bits per heavy atom. The van der Waals surface area contributed by atoms with Crippen LogP contribution in [0.2, 0.25) is 0 Å². The molecule has 1 aliphatic heterocycles. The molecular formula is C15H14NOP. The molecule has 0 saturated carbocycles. The largest absolute Gasteiger partial charge is 0.311 e. The fourth-order valence-corrected chi connectivity index (χ4v) is 5.19. The fourth-order valence-electron chi connectivity index (χ4n) is 2.23. The highest BCUT2D eigenvalue weighted by molar-refractivity contribution is 7.80. The van der Waals surface area contributed by atoms with E-state index in [1.165, 1.54) is 0 Å². The summed E-state index contributed by atoms with van der Waals surface area (Å²) in [5.74, 6) is -0.123. The highest BCUT2D eigenvalue weighted by Crippen LogP contribution is 2.54. The van der Waals surface area contributed by atoms with Crippen molar-refractivity contribution in [2.24, 2.45) is 4.99 Å². The van der Waals surface area contributed by atoms with Crippen LogP contribution in [0, 0.1) is 0 Å². The predicted octanol–water partition coefficient (Wildman–Crippen LogP) is 2.80. The van der Waals surface area contributed by atoms with Crippen molar-refractivity contribution in [2.75, 3.05) is 0 Å². The van der Waals surface area contributed by atoms with Crippen molar-refractivity contribution < 1.29 is 4.57 Å².